The van der Waals surface area contributed by atoms with Crippen molar-refractivity contribution in [2.24, 2.45) is 9.98 Å². The minimum atomic E-state index is 0.643. The maximum absolute atomic E-state index is 4.91. The van der Waals surface area contributed by atoms with Crippen molar-refractivity contribution in [3.8, 4) is 0 Å². The van der Waals surface area contributed by atoms with Crippen LogP contribution in [-0.2, 0) is 0 Å². The molecule has 1 aliphatic rings. The van der Waals surface area contributed by atoms with Gasteiger partial charge in [0.15, 0.2) is 0 Å². The lowest BCUT2D eigenvalue weighted by Gasteiger charge is -2.10. The van der Waals surface area contributed by atoms with Gasteiger partial charge in [-0.05, 0) is 48.4 Å². The molecule has 0 fully saturated rings. The molecule has 128 valence electrons. The molecule has 1 N–H and O–H groups in total. The molecule has 0 spiro atoms. The summed E-state index contributed by atoms with van der Waals surface area (Å²) in [5.74, 6) is 0.894. The van der Waals surface area contributed by atoms with E-state index in [2.05, 4.69) is 46.4 Å². The van der Waals surface area contributed by atoms with Gasteiger partial charge >= 0.3 is 0 Å². The maximum Gasteiger partial charge on any atom is 0.113 e. The largest absolute Gasteiger partial charge is 0.342 e. The van der Waals surface area contributed by atoms with Crippen molar-refractivity contribution in [3.05, 3.63) is 88.4 Å². The maximum atomic E-state index is 4.91. The van der Waals surface area contributed by atoms with E-state index < -0.39 is 0 Å². The number of halogens is 1. The highest BCUT2D eigenvalue weighted by Gasteiger charge is 2.16. The predicted molar refractivity (Wildman–Crippen MR) is 113 cm³/mol. The van der Waals surface area contributed by atoms with Crippen LogP contribution in [0.25, 0.3) is 0 Å². The van der Waals surface area contributed by atoms with Crippen LogP contribution in [0.15, 0.2) is 87.3 Å². The molecule has 0 amide bonds. The van der Waals surface area contributed by atoms with Crippen LogP contribution in [-0.4, -0.2) is 11.5 Å². The number of benzene rings is 3. The molecule has 3 aromatic carbocycles. The van der Waals surface area contributed by atoms with E-state index in [1.807, 2.05) is 54.6 Å². The van der Waals surface area contributed by atoms with Crippen molar-refractivity contribution in [2.45, 2.75) is 13.3 Å². The first-order valence-corrected chi connectivity index (χ1v) is 9.31. The quantitative estimate of drug-likeness (QED) is 0.526. The monoisotopic (exact) mass is 403 g/mol. The number of para-hydroxylation sites is 3. The van der Waals surface area contributed by atoms with E-state index in [4.69, 9.17) is 9.98 Å². The van der Waals surface area contributed by atoms with Gasteiger partial charge in [0, 0.05) is 10.9 Å². The Balaban J connectivity index is 1.80. The van der Waals surface area contributed by atoms with Gasteiger partial charge in [0.2, 0.25) is 0 Å². The Labute approximate surface area is 161 Å². The Bertz CT molecular complexity index is 1000. The third-order valence-corrected chi connectivity index (χ3v) is 4.85. The minimum absolute atomic E-state index is 0.643. The van der Waals surface area contributed by atoms with Crippen LogP contribution < -0.4 is 5.32 Å². The molecule has 4 heteroatoms. The second kappa shape index (κ2) is 7.26. The second-order valence-electron chi connectivity index (χ2n) is 6.23. The molecular weight excluding hydrogens is 386 g/mol. The number of fused-ring (bicyclic) bond motifs is 1. The molecule has 0 saturated carbocycles. The number of amidine groups is 1. The molecular formula is C22H18BrN3. The van der Waals surface area contributed by atoms with Gasteiger partial charge in [0.05, 0.1) is 22.8 Å². The molecule has 0 atom stereocenters. The van der Waals surface area contributed by atoms with E-state index in [-0.39, 0.29) is 0 Å². The van der Waals surface area contributed by atoms with Crippen molar-refractivity contribution in [1.82, 2.24) is 0 Å². The summed E-state index contributed by atoms with van der Waals surface area (Å²) in [6, 6.07) is 24.5. The van der Waals surface area contributed by atoms with E-state index >= 15 is 0 Å². The first kappa shape index (κ1) is 16.7. The number of nitrogens with zero attached hydrogens (tertiary/aromatic N) is 2. The number of aliphatic imine (C=N–C) groups is 2. The highest BCUT2D eigenvalue weighted by Crippen LogP contribution is 2.30. The molecule has 0 bridgehead atoms. The van der Waals surface area contributed by atoms with Crippen LogP contribution in [0.2, 0.25) is 0 Å². The van der Waals surface area contributed by atoms with Crippen LogP contribution in [0.4, 0.5) is 17.1 Å². The first-order valence-electron chi connectivity index (χ1n) is 8.52. The summed E-state index contributed by atoms with van der Waals surface area (Å²) >= 11 is 3.50. The topological polar surface area (TPSA) is 36.8 Å². The molecule has 1 heterocycles. The molecule has 0 radical (unpaired) electrons. The molecule has 26 heavy (non-hydrogen) atoms. The number of anilines is 1. The Kier molecular flexibility index (Phi) is 4.67. The highest BCUT2D eigenvalue weighted by molar-refractivity contribution is 9.10. The average Bonchev–Trinajstić information content (AvgIpc) is 2.83. The standard InChI is InChI=1S/C22H18BrN3/c1-15-6-2-3-7-18(15)25-22-14-21(16-10-12-17(23)13-11-16)24-19-8-4-5-9-20(19)26-22/h2-13H,14H2,1H3,(H,25,26). The van der Waals surface area contributed by atoms with E-state index in [0.717, 1.165) is 44.2 Å². The van der Waals surface area contributed by atoms with Crippen LogP contribution in [0.1, 0.15) is 17.5 Å². The van der Waals surface area contributed by atoms with Gasteiger partial charge in [-0.2, -0.15) is 0 Å². The van der Waals surface area contributed by atoms with Crippen molar-refractivity contribution in [1.29, 1.82) is 0 Å². The van der Waals surface area contributed by atoms with Gasteiger partial charge < -0.3 is 5.32 Å². The summed E-state index contributed by atoms with van der Waals surface area (Å²) in [4.78, 5) is 9.80. The fourth-order valence-corrected chi connectivity index (χ4v) is 3.19. The number of nitrogens with one attached hydrogen (secondary N) is 1. The number of aryl methyl sites for hydroxylation is 1. The molecule has 0 unspecified atom stereocenters. The lowest BCUT2D eigenvalue weighted by molar-refractivity contribution is 1.36. The Morgan fingerprint density at radius 3 is 2.46 bits per heavy atom. The fourth-order valence-electron chi connectivity index (χ4n) is 2.93. The molecule has 0 aliphatic carbocycles. The smallest absolute Gasteiger partial charge is 0.113 e. The van der Waals surface area contributed by atoms with Gasteiger partial charge in [-0.25, -0.2) is 4.99 Å². The van der Waals surface area contributed by atoms with E-state index in [1.165, 1.54) is 0 Å². The lowest BCUT2D eigenvalue weighted by Crippen LogP contribution is -2.15. The summed E-state index contributed by atoms with van der Waals surface area (Å²) in [6.07, 6.45) is 0.643. The second-order valence-corrected chi connectivity index (χ2v) is 7.14. The molecule has 1 aliphatic heterocycles. The van der Waals surface area contributed by atoms with Crippen molar-refractivity contribution in [2.75, 3.05) is 5.32 Å². The van der Waals surface area contributed by atoms with Crippen LogP contribution in [0.3, 0.4) is 0 Å². The zero-order valence-corrected chi connectivity index (χ0v) is 16.0. The molecule has 4 rings (SSSR count). The van der Waals surface area contributed by atoms with Gasteiger partial charge in [-0.3, -0.25) is 4.99 Å². The molecule has 0 aromatic heterocycles. The van der Waals surface area contributed by atoms with Crippen molar-refractivity contribution in [3.63, 3.8) is 0 Å². The molecule has 0 saturated heterocycles. The number of hydrogen-bond donors (Lipinski definition) is 1. The van der Waals surface area contributed by atoms with E-state index in [0.29, 0.717) is 6.42 Å². The van der Waals surface area contributed by atoms with E-state index in [1.54, 1.807) is 0 Å². The van der Waals surface area contributed by atoms with Gasteiger partial charge in [0.1, 0.15) is 5.84 Å². The van der Waals surface area contributed by atoms with E-state index in [9.17, 15) is 0 Å². The predicted octanol–water partition coefficient (Wildman–Crippen LogP) is 6.42. The minimum Gasteiger partial charge on any atom is -0.342 e. The van der Waals surface area contributed by atoms with Gasteiger partial charge in [-0.15, -0.1) is 0 Å². The third kappa shape index (κ3) is 3.60. The summed E-state index contributed by atoms with van der Waals surface area (Å²) in [7, 11) is 0. The Morgan fingerprint density at radius 1 is 0.923 bits per heavy atom. The highest BCUT2D eigenvalue weighted by atomic mass is 79.9. The Morgan fingerprint density at radius 2 is 1.65 bits per heavy atom. The summed E-state index contributed by atoms with van der Waals surface area (Å²) in [5.41, 5.74) is 6.14. The SMILES string of the molecule is Cc1ccccc1N=C1CC(c2ccc(Br)cc2)=Nc2ccccc2N1. The molecule has 3 nitrogen and oxygen atoms in total. The third-order valence-electron chi connectivity index (χ3n) is 4.32. The summed E-state index contributed by atoms with van der Waals surface area (Å²) < 4.78 is 1.06. The number of hydrogen-bond acceptors (Lipinski definition) is 2. The van der Waals surface area contributed by atoms with Gasteiger partial charge in [-0.1, -0.05) is 58.4 Å². The normalized spacial score (nSPS) is 15.0. The Hall–Kier alpha value is -2.72. The van der Waals surface area contributed by atoms with Crippen LogP contribution in [0.5, 0.6) is 0 Å². The van der Waals surface area contributed by atoms with Crippen LogP contribution >= 0.6 is 15.9 Å². The lowest BCUT2D eigenvalue weighted by atomic mass is 10.1. The fraction of sp³-hybridized carbons (Fsp3) is 0.0909. The zero-order chi connectivity index (χ0) is 17.9. The summed E-state index contributed by atoms with van der Waals surface area (Å²) in [6.45, 7) is 2.08. The average molecular weight is 404 g/mol. The molecule has 3 aromatic rings. The first-order chi connectivity index (χ1) is 12.7. The van der Waals surface area contributed by atoms with Crippen molar-refractivity contribution >= 4 is 44.5 Å². The number of rotatable bonds is 2. The summed E-state index contributed by atoms with van der Waals surface area (Å²) in [5, 5.41) is 3.47. The zero-order valence-electron chi connectivity index (χ0n) is 14.4. The van der Waals surface area contributed by atoms with Crippen molar-refractivity contribution < 1.29 is 0 Å². The van der Waals surface area contributed by atoms with Gasteiger partial charge in [0.25, 0.3) is 0 Å². The van der Waals surface area contributed by atoms with Crippen LogP contribution in [0, 0.1) is 6.92 Å².